The molecule has 1 aromatic rings. The van der Waals surface area contributed by atoms with E-state index in [0.717, 1.165) is 0 Å². The Morgan fingerprint density at radius 1 is 1.78 bits per heavy atom. The second-order valence-electron chi connectivity index (χ2n) is 1.39. The second kappa shape index (κ2) is 2.15. The minimum atomic E-state index is 0.248. The van der Waals surface area contributed by atoms with Crippen molar-refractivity contribution < 1.29 is 4.79 Å². The largest absolute Gasteiger partial charge is 0.361 e. The van der Waals surface area contributed by atoms with Crippen molar-refractivity contribution >= 4 is 5.71 Å². The molecule has 1 aromatic heterocycles. The fourth-order valence-corrected chi connectivity index (χ4v) is 0.334. The third kappa shape index (κ3) is 0.974. The van der Waals surface area contributed by atoms with E-state index < -0.39 is 0 Å². The lowest BCUT2D eigenvalue weighted by molar-refractivity contribution is -0.00535. The molecule has 0 N–H and O–H groups in total. The topological polar surface area (TPSA) is 89.2 Å². The maximum Gasteiger partial charge on any atom is 0.303 e. The van der Waals surface area contributed by atoms with Gasteiger partial charge in [-0.3, -0.25) is 10.3 Å². The van der Waals surface area contributed by atoms with Crippen LogP contribution in [0.1, 0.15) is 12.7 Å². The van der Waals surface area contributed by atoms with E-state index in [1.54, 1.807) is 6.92 Å². The van der Waals surface area contributed by atoms with Gasteiger partial charge in [0.25, 0.3) is 0 Å². The van der Waals surface area contributed by atoms with Crippen molar-refractivity contribution in [2.75, 3.05) is 0 Å². The second-order valence-corrected chi connectivity index (χ2v) is 1.39. The first-order valence-electron chi connectivity index (χ1n) is 2.22. The highest BCUT2D eigenvalue weighted by Crippen LogP contribution is 1.79. The highest BCUT2D eigenvalue weighted by molar-refractivity contribution is 5.89. The van der Waals surface area contributed by atoms with Crippen LogP contribution in [0.3, 0.4) is 0 Å². The van der Waals surface area contributed by atoms with Crippen LogP contribution in [-0.4, -0.2) is 26.0 Å². The Morgan fingerprint density at radius 2 is 2.56 bits per heavy atom. The summed E-state index contributed by atoms with van der Waals surface area (Å²) >= 11 is 0. The van der Waals surface area contributed by atoms with Gasteiger partial charge in [0, 0.05) is 6.92 Å². The van der Waals surface area contributed by atoms with Crippen molar-refractivity contribution in [3.63, 3.8) is 0 Å². The molecule has 0 unspecified atom stereocenters. The van der Waals surface area contributed by atoms with E-state index in [2.05, 4.69) is 25.4 Å². The molecule has 6 heteroatoms. The van der Waals surface area contributed by atoms with Gasteiger partial charge in [0.1, 0.15) is 5.82 Å². The zero-order valence-electron chi connectivity index (χ0n) is 4.68. The predicted molar refractivity (Wildman–Crippen MR) is 26.5 cm³/mol. The van der Waals surface area contributed by atoms with Crippen LogP contribution in [0.2, 0.25) is 0 Å². The van der Waals surface area contributed by atoms with Crippen LogP contribution in [0.25, 0.3) is 5.53 Å². The highest BCUT2D eigenvalue weighted by Gasteiger charge is 1.98. The van der Waals surface area contributed by atoms with Gasteiger partial charge in [0.2, 0.25) is 0 Å². The molecule has 0 saturated carbocycles. The van der Waals surface area contributed by atoms with Gasteiger partial charge in [0.05, 0.1) is 0 Å². The molecule has 1 heterocycles. The maximum atomic E-state index is 8.16. The van der Waals surface area contributed by atoms with Crippen molar-refractivity contribution in [3.8, 4) is 0 Å². The Hall–Kier alpha value is -1.55. The first kappa shape index (κ1) is 5.58. The molecule has 46 valence electrons. The SMILES string of the molecule is CC(=[N+]=[N-])c1nnn[n-]1. The van der Waals surface area contributed by atoms with E-state index in [9.17, 15) is 0 Å². The first-order chi connectivity index (χ1) is 4.34. The van der Waals surface area contributed by atoms with Crippen LogP contribution in [0.5, 0.6) is 0 Å². The molecule has 0 bridgehead atoms. The summed E-state index contributed by atoms with van der Waals surface area (Å²) in [5, 5.41) is 13.2. The van der Waals surface area contributed by atoms with Crippen LogP contribution in [0, 0.1) is 0 Å². The molecule has 0 aliphatic rings. The molecule has 0 amide bonds. The smallest absolute Gasteiger partial charge is 0.303 e. The van der Waals surface area contributed by atoms with Crippen molar-refractivity contribution in [3.05, 3.63) is 11.4 Å². The molecule has 0 aromatic carbocycles. The number of tetrazole rings is 1. The van der Waals surface area contributed by atoms with Crippen LogP contribution in [-0.2, 0) is 0 Å². The van der Waals surface area contributed by atoms with Crippen LogP contribution < -0.4 is 5.10 Å². The fraction of sp³-hybridized carbons (Fsp3) is 0.333. The Labute approximate surface area is 50.5 Å². The average molecular weight is 123 g/mol. The summed E-state index contributed by atoms with van der Waals surface area (Å²) < 4.78 is 0. The molecule has 0 spiro atoms. The molecule has 9 heavy (non-hydrogen) atoms. The number of rotatable bonds is 1. The van der Waals surface area contributed by atoms with Gasteiger partial charge in [-0.25, -0.2) is 0 Å². The molecule has 6 nitrogen and oxygen atoms in total. The van der Waals surface area contributed by atoms with Gasteiger partial charge < -0.3 is 10.6 Å². The summed E-state index contributed by atoms with van der Waals surface area (Å²) in [7, 11) is 0. The predicted octanol–water partition coefficient (Wildman–Crippen LogP) is -1.13. The van der Waals surface area contributed by atoms with Crippen LogP contribution in [0.4, 0.5) is 0 Å². The van der Waals surface area contributed by atoms with Gasteiger partial charge in [-0.1, -0.05) is 0 Å². The normalized spacial score (nSPS) is 8.56. The van der Waals surface area contributed by atoms with Gasteiger partial charge >= 0.3 is 5.71 Å². The third-order valence-corrected chi connectivity index (χ3v) is 0.792. The van der Waals surface area contributed by atoms with Crippen LogP contribution >= 0.6 is 0 Å². The monoisotopic (exact) mass is 123 g/mol. The standard InChI is InChI=1S/C3H3N6/c1-2(5-4)3-6-8-9-7-3/h1H3/q-1. The van der Waals surface area contributed by atoms with Crippen molar-refractivity contribution in [2.45, 2.75) is 6.92 Å². The van der Waals surface area contributed by atoms with E-state index in [-0.39, 0.29) is 5.82 Å². The quantitative estimate of drug-likeness (QED) is 0.268. The van der Waals surface area contributed by atoms with Gasteiger partial charge in [-0.15, -0.1) is 0 Å². The molecule has 0 aliphatic carbocycles. The van der Waals surface area contributed by atoms with Crippen LogP contribution in [0.15, 0.2) is 0 Å². The van der Waals surface area contributed by atoms with E-state index in [1.165, 1.54) is 0 Å². The number of hydrogen-bond donors (Lipinski definition) is 0. The lowest BCUT2D eigenvalue weighted by Gasteiger charge is -1.81. The lowest BCUT2D eigenvalue weighted by atomic mass is 10.4. The molecule has 0 radical (unpaired) electrons. The van der Waals surface area contributed by atoms with E-state index in [0.29, 0.717) is 5.71 Å². The lowest BCUT2D eigenvalue weighted by Crippen LogP contribution is -1.99. The third-order valence-electron chi connectivity index (χ3n) is 0.792. The Morgan fingerprint density at radius 3 is 3.00 bits per heavy atom. The Kier molecular flexibility index (Phi) is 1.33. The minimum absolute atomic E-state index is 0.248. The summed E-state index contributed by atoms with van der Waals surface area (Å²) in [6.45, 7) is 1.55. The molecular formula is C3H3N6-. The molecular weight excluding hydrogens is 120 g/mol. The first-order valence-corrected chi connectivity index (χ1v) is 2.22. The maximum absolute atomic E-state index is 8.16. The summed E-state index contributed by atoms with van der Waals surface area (Å²) in [5.41, 5.74) is 8.46. The van der Waals surface area contributed by atoms with Crippen molar-refractivity contribution in [1.82, 2.24) is 20.6 Å². The average Bonchev–Trinajstić information content (AvgIpc) is 2.37. The summed E-state index contributed by atoms with van der Waals surface area (Å²) in [4.78, 5) is 2.84. The molecule has 0 saturated heterocycles. The number of aromatic nitrogens is 4. The molecule has 1 rings (SSSR count). The summed E-state index contributed by atoms with van der Waals surface area (Å²) in [6, 6.07) is 0. The molecule has 0 aliphatic heterocycles. The highest BCUT2D eigenvalue weighted by atomic mass is 15.5. The Bertz CT molecular complexity index is 229. The van der Waals surface area contributed by atoms with E-state index >= 15 is 0 Å². The zero-order chi connectivity index (χ0) is 6.69. The Balaban J connectivity index is 3.03. The van der Waals surface area contributed by atoms with Crippen molar-refractivity contribution in [1.29, 1.82) is 0 Å². The zero-order valence-corrected chi connectivity index (χ0v) is 4.68. The van der Waals surface area contributed by atoms with Crippen molar-refractivity contribution in [2.24, 2.45) is 0 Å². The van der Waals surface area contributed by atoms with Gasteiger partial charge in [0.15, 0.2) is 0 Å². The summed E-state index contributed by atoms with van der Waals surface area (Å²) in [5.74, 6) is 0.248. The number of nitrogens with zero attached hydrogens (tertiary/aromatic N) is 6. The van der Waals surface area contributed by atoms with Gasteiger partial charge in [-0.05, 0) is 0 Å². The number of hydrogen-bond acceptors (Lipinski definition) is 3. The fourth-order valence-electron chi connectivity index (χ4n) is 0.334. The molecule has 0 atom stereocenters. The molecule has 0 fully saturated rings. The minimum Gasteiger partial charge on any atom is -0.361 e. The van der Waals surface area contributed by atoms with E-state index in [1.807, 2.05) is 0 Å². The van der Waals surface area contributed by atoms with E-state index in [4.69, 9.17) is 5.53 Å². The van der Waals surface area contributed by atoms with Gasteiger partial charge in [-0.2, -0.15) is 10.0 Å². The summed E-state index contributed by atoms with van der Waals surface area (Å²) in [6.07, 6.45) is 0.